The molecule has 0 spiro atoms. The zero-order chi connectivity index (χ0) is 16.6. The summed E-state index contributed by atoms with van der Waals surface area (Å²) in [6.07, 6.45) is 0. The highest BCUT2D eigenvalue weighted by atomic mass is 16.2. The van der Waals surface area contributed by atoms with Crippen LogP contribution in [0.3, 0.4) is 0 Å². The van der Waals surface area contributed by atoms with Gasteiger partial charge >= 0.3 is 0 Å². The lowest BCUT2D eigenvalue weighted by atomic mass is 9.95. The molecule has 0 radical (unpaired) electrons. The molecule has 0 bridgehead atoms. The van der Waals surface area contributed by atoms with E-state index in [1.165, 1.54) is 5.56 Å². The number of anilines is 1. The van der Waals surface area contributed by atoms with E-state index in [0.717, 1.165) is 16.7 Å². The summed E-state index contributed by atoms with van der Waals surface area (Å²) < 4.78 is 0. The van der Waals surface area contributed by atoms with Gasteiger partial charge in [-0.2, -0.15) is 0 Å². The van der Waals surface area contributed by atoms with Gasteiger partial charge in [-0.25, -0.2) is 0 Å². The van der Waals surface area contributed by atoms with E-state index in [-0.39, 0.29) is 5.43 Å². The van der Waals surface area contributed by atoms with Crippen LogP contribution in [0.2, 0.25) is 0 Å². The standard InChI is InChI=1S/C20H19NO2/c1-13-9-10-16(11-14(13)2)17-18(20(23)19(17)22)21(3)12-15-7-5-4-6-8-15/h4-11H,12H2,1-3H3. The lowest BCUT2D eigenvalue weighted by molar-refractivity contribution is 0.910. The first-order valence-electron chi connectivity index (χ1n) is 7.65. The summed E-state index contributed by atoms with van der Waals surface area (Å²) in [4.78, 5) is 26.0. The predicted octanol–water partition coefficient (Wildman–Crippen LogP) is 3.20. The molecule has 0 aliphatic heterocycles. The zero-order valence-electron chi connectivity index (χ0n) is 13.6. The maximum atomic E-state index is 12.1. The van der Waals surface area contributed by atoms with E-state index in [0.29, 0.717) is 17.8 Å². The van der Waals surface area contributed by atoms with Crippen LogP contribution in [0.15, 0.2) is 58.1 Å². The third-order valence-corrected chi connectivity index (χ3v) is 4.33. The van der Waals surface area contributed by atoms with Crippen LogP contribution in [-0.2, 0) is 6.54 Å². The van der Waals surface area contributed by atoms with Gasteiger partial charge in [0, 0.05) is 13.6 Å². The van der Waals surface area contributed by atoms with Gasteiger partial charge in [-0.3, -0.25) is 9.59 Å². The normalized spacial score (nSPS) is 10.9. The first-order chi connectivity index (χ1) is 11.0. The molecule has 0 amide bonds. The van der Waals surface area contributed by atoms with Crippen molar-refractivity contribution in [3.05, 3.63) is 85.7 Å². The number of rotatable bonds is 4. The largest absolute Gasteiger partial charge is 0.366 e. The molecule has 0 saturated carbocycles. The summed E-state index contributed by atoms with van der Waals surface area (Å²) in [5.41, 5.74) is 4.50. The summed E-state index contributed by atoms with van der Waals surface area (Å²) in [5.74, 6) is 0. The fraction of sp³-hybridized carbons (Fsp3) is 0.200. The van der Waals surface area contributed by atoms with Gasteiger partial charge < -0.3 is 4.90 Å². The van der Waals surface area contributed by atoms with Gasteiger partial charge in [0.25, 0.3) is 0 Å². The summed E-state index contributed by atoms with van der Waals surface area (Å²) in [6.45, 7) is 4.64. The molecular formula is C20H19NO2. The molecule has 3 aromatic rings. The first kappa shape index (κ1) is 15.2. The Kier molecular flexibility index (Phi) is 3.87. The number of benzene rings is 2. The molecular weight excluding hydrogens is 286 g/mol. The van der Waals surface area contributed by atoms with Crippen molar-refractivity contribution in [3.8, 4) is 11.1 Å². The molecule has 3 nitrogen and oxygen atoms in total. The fourth-order valence-electron chi connectivity index (χ4n) is 2.84. The lowest BCUT2D eigenvalue weighted by Gasteiger charge is -2.23. The van der Waals surface area contributed by atoms with E-state index >= 15 is 0 Å². The van der Waals surface area contributed by atoms with Gasteiger partial charge in [-0.05, 0) is 36.1 Å². The summed E-state index contributed by atoms with van der Waals surface area (Å²) in [7, 11) is 1.85. The second kappa shape index (κ2) is 5.84. The minimum atomic E-state index is -0.392. The molecule has 3 rings (SSSR count). The van der Waals surface area contributed by atoms with Crippen molar-refractivity contribution in [1.82, 2.24) is 0 Å². The molecule has 0 heterocycles. The van der Waals surface area contributed by atoms with E-state index in [4.69, 9.17) is 0 Å². The third kappa shape index (κ3) is 2.70. The van der Waals surface area contributed by atoms with Crippen molar-refractivity contribution in [2.24, 2.45) is 0 Å². The zero-order valence-corrected chi connectivity index (χ0v) is 13.6. The smallest absolute Gasteiger partial charge is 0.250 e. The van der Waals surface area contributed by atoms with Gasteiger partial charge in [-0.1, -0.05) is 48.5 Å². The fourth-order valence-corrected chi connectivity index (χ4v) is 2.84. The van der Waals surface area contributed by atoms with Crippen molar-refractivity contribution in [2.45, 2.75) is 20.4 Å². The van der Waals surface area contributed by atoms with Crippen molar-refractivity contribution in [1.29, 1.82) is 0 Å². The maximum Gasteiger partial charge on any atom is 0.250 e. The summed E-state index contributed by atoms with van der Waals surface area (Å²) >= 11 is 0. The van der Waals surface area contributed by atoms with Crippen molar-refractivity contribution < 1.29 is 0 Å². The van der Waals surface area contributed by atoms with Gasteiger partial charge in [0.05, 0.1) is 5.56 Å². The van der Waals surface area contributed by atoms with Gasteiger partial charge in [0.15, 0.2) is 0 Å². The Balaban J connectivity index is 1.98. The molecule has 0 N–H and O–H groups in total. The first-order valence-corrected chi connectivity index (χ1v) is 7.65. The van der Waals surface area contributed by atoms with Crippen LogP contribution in [-0.4, -0.2) is 7.05 Å². The van der Waals surface area contributed by atoms with E-state index < -0.39 is 5.43 Å². The Morgan fingerprint density at radius 1 is 0.870 bits per heavy atom. The maximum absolute atomic E-state index is 12.1. The van der Waals surface area contributed by atoms with E-state index in [9.17, 15) is 9.59 Å². The Morgan fingerprint density at radius 3 is 2.22 bits per heavy atom. The number of hydrogen-bond donors (Lipinski definition) is 0. The van der Waals surface area contributed by atoms with Crippen LogP contribution < -0.4 is 15.8 Å². The number of hydrogen-bond acceptors (Lipinski definition) is 3. The van der Waals surface area contributed by atoms with Crippen LogP contribution in [0.4, 0.5) is 5.69 Å². The number of aryl methyl sites for hydroxylation is 2. The van der Waals surface area contributed by atoms with Crippen molar-refractivity contribution >= 4 is 5.69 Å². The Morgan fingerprint density at radius 2 is 1.57 bits per heavy atom. The van der Waals surface area contributed by atoms with Crippen LogP contribution in [0.25, 0.3) is 11.1 Å². The molecule has 3 heteroatoms. The molecule has 0 saturated heterocycles. The number of nitrogens with zero attached hydrogens (tertiary/aromatic N) is 1. The highest BCUT2D eigenvalue weighted by molar-refractivity contribution is 5.82. The predicted molar refractivity (Wildman–Crippen MR) is 94.8 cm³/mol. The second-order valence-electron chi connectivity index (χ2n) is 6.02. The van der Waals surface area contributed by atoms with Crippen LogP contribution in [0, 0.1) is 13.8 Å². The lowest BCUT2D eigenvalue weighted by Crippen LogP contribution is -2.40. The minimum absolute atomic E-state index is 0.386. The molecule has 0 aliphatic rings. The van der Waals surface area contributed by atoms with E-state index in [1.54, 1.807) is 0 Å². The molecule has 116 valence electrons. The minimum Gasteiger partial charge on any atom is -0.366 e. The third-order valence-electron chi connectivity index (χ3n) is 4.33. The Labute approximate surface area is 135 Å². The molecule has 0 fully saturated rings. The average Bonchev–Trinajstić information content (AvgIpc) is 2.55. The van der Waals surface area contributed by atoms with Gasteiger partial charge in [-0.15, -0.1) is 0 Å². The summed E-state index contributed by atoms with van der Waals surface area (Å²) in [5, 5.41) is 0. The highest BCUT2D eigenvalue weighted by Gasteiger charge is 2.25. The van der Waals surface area contributed by atoms with Crippen molar-refractivity contribution in [2.75, 3.05) is 11.9 Å². The topological polar surface area (TPSA) is 37.4 Å². The molecule has 0 aromatic heterocycles. The summed E-state index contributed by atoms with van der Waals surface area (Å²) in [6, 6.07) is 15.8. The molecule has 3 aromatic carbocycles. The average molecular weight is 305 g/mol. The molecule has 0 atom stereocenters. The van der Waals surface area contributed by atoms with E-state index in [2.05, 4.69) is 0 Å². The van der Waals surface area contributed by atoms with Crippen molar-refractivity contribution in [3.63, 3.8) is 0 Å². The molecule has 0 aliphatic carbocycles. The van der Waals surface area contributed by atoms with E-state index in [1.807, 2.05) is 74.3 Å². The molecule has 0 unspecified atom stereocenters. The quantitative estimate of drug-likeness (QED) is 0.695. The highest BCUT2D eigenvalue weighted by Crippen LogP contribution is 2.28. The van der Waals surface area contributed by atoms with Crippen LogP contribution in [0.1, 0.15) is 16.7 Å². The molecule has 23 heavy (non-hydrogen) atoms. The van der Waals surface area contributed by atoms with Gasteiger partial charge in [0.2, 0.25) is 10.9 Å². The second-order valence-corrected chi connectivity index (χ2v) is 6.02. The van der Waals surface area contributed by atoms with Gasteiger partial charge in [0.1, 0.15) is 5.69 Å². The Bertz CT molecular complexity index is 919. The van der Waals surface area contributed by atoms with Crippen LogP contribution in [0.5, 0.6) is 0 Å². The van der Waals surface area contributed by atoms with Crippen LogP contribution >= 0.6 is 0 Å². The monoisotopic (exact) mass is 305 g/mol. The SMILES string of the molecule is Cc1ccc(-c2c(N(C)Cc3ccccc3)c(=O)c2=O)cc1C. The Hall–Kier alpha value is -2.68.